The molecule has 0 aliphatic carbocycles. The summed E-state index contributed by atoms with van der Waals surface area (Å²) in [5.74, 6) is 0.663. The van der Waals surface area contributed by atoms with Crippen molar-refractivity contribution >= 4 is 22.5 Å². The summed E-state index contributed by atoms with van der Waals surface area (Å²) < 4.78 is 1.66. The van der Waals surface area contributed by atoms with E-state index in [9.17, 15) is 4.79 Å². The van der Waals surface area contributed by atoms with Gasteiger partial charge in [-0.2, -0.15) is 0 Å². The van der Waals surface area contributed by atoms with Crippen molar-refractivity contribution < 1.29 is 0 Å². The van der Waals surface area contributed by atoms with Crippen molar-refractivity contribution in [3.05, 3.63) is 69.2 Å². The molecule has 1 heterocycles. The van der Waals surface area contributed by atoms with E-state index in [0.29, 0.717) is 21.7 Å². The molecule has 1 atom stereocenters. The number of aromatic nitrogens is 2. The van der Waals surface area contributed by atoms with Crippen molar-refractivity contribution in [1.82, 2.24) is 14.9 Å². The first kappa shape index (κ1) is 15.7. The van der Waals surface area contributed by atoms with E-state index in [1.165, 1.54) is 0 Å². The Morgan fingerprint density at radius 3 is 2.52 bits per heavy atom. The highest BCUT2D eigenvalue weighted by molar-refractivity contribution is 6.31. The molecule has 0 aliphatic rings. The molecule has 5 heteroatoms. The summed E-state index contributed by atoms with van der Waals surface area (Å²) in [4.78, 5) is 17.7. The van der Waals surface area contributed by atoms with E-state index in [1.807, 2.05) is 45.2 Å². The summed E-state index contributed by atoms with van der Waals surface area (Å²) in [5, 5.41) is 4.28. The summed E-state index contributed by atoms with van der Waals surface area (Å²) in [6.07, 6.45) is 0. The summed E-state index contributed by atoms with van der Waals surface area (Å²) in [7, 11) is 1.85. The Morgan fingerprint density at radius 2 is 1.87 bits per heavy atom. The van der Waals surface area contributed by atoms with Crippen molar-refractivity contribution in [2.45, 2.75) is 19.9 Å². The van der Waals surface area contributed by atoms with Crippen LogP contribution in [-0.4, -0.2) is 16.6 Å². The minimum absolute atomic E-state index is 0.0765. The molecule has 0 amide bonds. The minimum atomic E-state index is -0.0902. The molecule has 0 spiro atoms. The van der Waals surface area contributed by atoms with Crippen LogP contribution < -0.4 is 10.9 Å². The van der Waals surface area contributed by atoms with E-state index in [1.54, 1.807) is 22.8 Å². The molecule has 23 heavy (non-hydrogen) atoms. The average molecular weight is 328 g/mol. The van der Waals surface area contributed by atoms with Gasteiger partial charge in [0.1, 0.15) is 5.82 Å². The Balaban J connectivity index is 2.38. The summed E-state index contributed by atoms with van der Waals surface area (Å²) >= 11 is 6.05. The van der Waals surface area contributed by atoms with Crippen LogP contribution in [0.5, 0.6) is 0 Å². The van der Waals surface area contributed by atoms with Crippen molar-refractivity contribution in [1.29, 1.82) is 0 Å². The lowest BCUT2D eigenvalue weighted by molar-refractivity contribution is 0.589. The van der Waals surface area contributed by atoms with E-state index in [4.69, 9.17) is 11.6 Å². The number of nitrogens with one attached hydrogen (secondary N) is 1. The van der Waals surface area contributed by atoms with Crippen LogP contribution in [0.25, 0.3) is 16.6 Å². The first-order valence-electron chi connectivity index (χ1n) is 7.48. The average Bonchev–Trinajstić information content (AvgIpc) is 2.54. The molecule has 0 saturated carbocycles. The van der Waals surface area contributed by atoms with Crippen LogP contribution in [0.2, 0.25) is 5.02 Å². The molecule has 0 saturated heterocycles. The molecule has 1 aromatic heterocycles. The molecule has 4 nitrogen and oxygen atoms in total. The molecule has 3 aromatic rings. The van der Waals surface area contributed by atoms with Gasteiger partial charge in [0.05, 0.1) is 22.6 Å². The van der Waals surface area contributed by atoms with E-state index in [2.05, 4.69) is 10.3 Å². The summed E-state index contributed by atoms with van der Waals surface area (Å²) in [6.45, 7) is 3.99. The highest BCUT2D eigenvalue weighted by Crippen LogP contribution is 2.20. The Morgan fingerprint density at radius 1 is 1.17 bits per heavy atom. The van der Waals surface area contributed by atoms with Gasteiger partial charge in [0.2, 0.25) is 0 Å². The molecule has 1 N–H and O–H groups in total. The quantitative estimate of drug-likeness (QED) is 0.799. The molecule has 0 unspecified atom stereocenters. The highest BCUT2D eigenvalue weighted by atomic mass is 35.5. The van der Waals surface area contributed by atoms with Gasteiger partial charge < -0.3 is 5.32 Å². The van der Waals surface area contributed by atoms with Gasteiger partial charge in [-0.1, -0.05) is 29.3 Å². The van der Waals surface area contributed by atoms with Gasteiger partial charge in [0, 0.05) is 5.02 Å². The molecule has 3 rings (SSSR count). The molecule has 0 bridgehead atoms. The molecule has 2 aromatic carbocycles. The summed E-state index contributed by atoms with van der Waals surface area (Å²) in [6, 6.07) is 12.9. The zero-order chi connectivity index (χ0) is 16.6. The zero-order valence-electron chi connectivity index (χ0n) is 13.3. The lowest BCUT2D eigenvalue weighted by Crippen LogP contribution is -2.28. The van der Waals surface area contributed by atoms with E-state index < -0.39 is 0 Å². The maximum absolute atomic E-state index is 13.0. The number of nitrogens with zero attached hydrogens (tertiary/aromatic N) is 2. The molecule has 0 radical (unpaired) electrons. The molecular formula is C18H18ClN3O. The van der Waals surface area contributed by atoms with E-state index in [0.717, 1.165) is 11.3 Å². The summed E-state index contributed by atoms with van der Waals surface area (Å²) in [5.41, 5.74) is 2.48. The number of aryl methyl sites for hydroxylation is 1. The van der Waals surface area contributed by atoms with Gasteiger partial charge in [-0.05, 0) is 51.2 Å². The van der Waals surface area contributed by atoms with Gasteiger partial charge in [-0.15, -0.1) is 0 Å². The lowest BCUT2D eigenvalue weighted by Gasteiger charge is -2.18. The fourth-order valence-electron chi connectivity index (χ4n) is 2.54. The normalized spacial score (nSPS) is 12.5. The Labute approximate surface area is 139 Å². The predicted octanol–water partition coefficient (Wildman–Crippen LogP) is 3.63. The van der Waals surface area contributed by atoms with Crippen LogP contribution in [0.3, 0.4) is 0 Å². The molecular weight excluding hydrogens is 310 g/mol. The topological polar surface area (TPSA) is 46.9 Å². The van der Waals surface area contributed by atoms with Crippen LogP contribution in [-0.2, 0) is 0 Å². The smallest absolute Gasteiger partial charge is 0.266 e. The fraction of sp³-hybridized carbons (Fsp3) is 0.222. The van der Waals surface area contributed by atoms with Gasteiger partial charge in [-0.3, -0.25) is 9.36 Å². The Hall–Kier alpha value is -2.17. The van der Waals surface area contributed by atoms with Gasteiger partial charge in [0.15, 0.2) is 0 Å². The van der Waals surface area contributed by atoms with Crippen LogP contribution in [0.1, 0.15) is 24.4 Å². The molecule has 118 valence electrons. The van der Waals surface area contributed by atoms with Crippen LogP contribution in [0.4, 0.5) is 0 Å². The van der Waals surface area contributed by atoms with Crippen LogP contribution in [0, 0.1) is 6.92 Å². The number of hydrogen-bond acceptors (Lipinski definition) is 3. The third kappa shape index (κ3) is 2.87. The second-order valence-electron chi connectivity index (χ2n) is 5.62. The fourth-order valence-corrected chi connectivity index (χ4v) is 2.71. The van der Waals surface area contributed by atoms with Crippen molar-refractivity contribution in [3.8, 4) is 5.69 Å². The van der Waals surface area contributed by atoms with Crippen molar-refractivity contribution in [2.24, 2.45) is 0 Å². The number of rotatable bonds is 3. The monoisotopic (exact) mass is 327 g/mol. The van der Waals surface area contributed by atoms with Crippen molar-refractivity contribution in [3.63, 3.8) is 0 Å². The third-order valence-electron chi connectivity index (χ3n) is 3.97. The standard InChI is InChI=1S/C18H18ClN3O/c1-11-4-7-14(8-5-11)22-17(12(2)20-3)21-16-10-13(19)6-9-15(16)18(22)23/h4-10,12,20H,1-3H3/t12-/m1/s1. The number of hydrogen-bond donors (Lipinski definition) is 1. The van der Waals surface area contributed by atoms with Gasteiger partial charge >= 0.3 is 0 Å². The van der Waals surface area contributed by atoms with Crippen molar-refractivity contribution in [2.75, 3.05) is 7.05 Å². The Kier molecular flexibility index (Phi) is 4.20. The third-order valence-corrected chi connectivity index (χ3v) is 4.20. The SMILES string of the molecule is CN[C@H](C)c1nc2cc(Cl)ccc2c(=O)n1-c1ccc(C)cc1. The second-order valence-corrected chi connectivity index (χ2v) is 6.05. The van der Waals surface area contributed by atoms with Gasteiger partial charge in [-0.25, -0.2) is 4.98 Å². The second kappa shape index (κ2) is 6.14. The number of benzene rings is 2. The maximum Gasteiger partial charge on any atom is 0.266 e. The predicted molar refractivity (Wildman–Crippen MR) is 94.6 cm³/mol. The highest BCUT2D eigenvalue weighted by Gasteiger charge is 2.17. The Bertz CT molecular complexity index is 916. The first-order chi connectivity index (χ1) is 11.0. The largest absolute Gasteiger partial charge is 0.311 e. The number of fused-ring (bicyclic) bond motifs is 1. The molecule has 0 fully saturated rings. The first-order valence-corrected chi connectivity index (χ1v) is 7.85. The van der Waals surface area contributed by atoms with Crippen LogP contribution in [0.15, 0.2) is 47.3 Å². The zero-order valence-corrected chi connectivity index (χ0v) is 14.1. The maximum atomic E-state index is 13.0. The van der Waals surface area contributed by atoms with E-state index >= 15 is 0 Å². The number of halogens is 1. The van der Waals surface area contributed by atoms with Gasteiger partial charge in [0.25, 0.3) is 5.56 Å². The van der Waals surface area contributed by atoms with E-state index in [-0.39, 0.29) is 11.6 Å². The molecule has 0 aliphatic heterocycles. The minimum Gasteiger partial charge on any atom is -0.311 e. The lowest BCUT2D eigenvalue weighted by atomic mass is 10.2. The van der Waals surface area contributed by atoms with Crippen LogP contribution >= 0.6 is 11.6 Å².